The summed E-state index contributed by atoms with van der Waals surface area (Å²) in [5, 5.41) is 2.80. The molecule has 1 amide bonds. The van der Waals surface area contributed by atoms with Crippen molar-refractivity contribution in [1.82, 2.24) is 14.9 Å². The van der Waals surface area contributed by atoms with E-state index in [0.717, 1.165) is 56.1 Å². The van der Waals surface area contributed by atoms with Crippen LogP contribution in [0.15, 0.2) is 24.3 Å². The summed E-state index contributed by atoms with van der Waals surface area (Å²) in [6.45, 7) is 7.00. The number of fused-ring (bicyclic) bond motifs is 1. The molecule has 1 saturated heterocycles. The number of benzene rings is 1. The molecule has 1 aromatic heterocycles. The number of hydrogen-bond acceptors (Lipinski definition) is 7. The van der Waals surface area contributed by atoms with Gasteiger partial charge in [-0.2, -0.15) is 4.98 Å². The van der Waals surface area contributed by atoms with Crippen LogP contribution in [0.5, 0.6) is 0 Å². The zero-order valence-corrected chi connectivity index (χ0v) is 16.1. The van der Waals surface area contributed by atoms with Gasteiger partial charge in [0.05, 0.1) is 18.9 Å². The zero-order chi connectivity index (χ0) is 19.5. The van der Waals surface area contributed by atoms with Gasteiger partial charge in [0.1, 0.15) is 5.82 Å². The fraction of sp³-hybridized carbons (Fsp3) is 0.450. The van der Waals surface area contributed by atoms with E-state index in [1.165, 1.54) is 12.5 Å². The van der Waals surface area contributed by atoms with Gasteiger partial charge in [-0.25, -0.2) is 4.98 Å². The Kier molecular flexibility index (Phi) is 5.40. The highest BCUT2D eigenvalue weighted by Gasteiger charge is 2.23. The van der Waals surface area contributed by atoms with E-state index in [1.807, 2.05) is 24.3 Å². The predicted molar refractivity (Wildman–Crippen MR) is 108 cm³/mol. The van der Waals surface area contributed by atoms with E-state index in [0.29, 0.717) is 25.0 Å². The summed E-state index contributed by atoms with van der Waals surface area (Å²) in [7, 11) is 0. The Bertz CT molecular complexity index is 849. The maximum absolute atomic E-state index is 11.1. The molecule has 2 aliphatic heterocycles. The normalized spacial score (nSPS) is 17.2. The Labute approximate surface area is 164 Å². The number of carbonyl (C=O) groups is 1. The largest absolute Gasteiger partial charge is 0.383 e. The molecule has 0 spiro atoms. The Morgan fingerprint density at radius 3 is 2.64 bits per heavy atom. The van der Waals surface area contributed by atoms with Gasteiger partial charge < -0.3 is 20.7 Å². The minimum Gasteiger partial charge on any atom is -0.383 e. The second-order valence-corrected chi connectivity index (χ2v) is 7.27. The van der Waals surface area contributed by atoms with Crippen LogP contribution in [-0.2, 0) is 29.0 Å². The third-order valence-electron chi connectivity index (χ3n) is 5.14. The van der Waals surface area contributed by atoms with E-state index in [4.69, 9.17) is 15.5 Å². The standard InChI is InChI=1S/C20H26N6O2/c1-14(27)22-16-4-2-15(3-5-16)12-25-7-6-17-18(13-25)23-20(24-19(17)21)26-8-10-28-11-9-26/h2-5H,6-13H2,1H3,(H,22,27)(H2,21,23,24). The summed E-state index contributed by atoms with van der Waals surface area (Å²) in [4.78, 5) is 25.0. The van der Waals surface area contributed by atoms with Crippen molar-refractivity contribution in [2.45, 2.75) is 26.4 Å². The quantitative estimate of drug-likeness (QED) is 0.825. The van der Waals surface area contributed by atoms with Crippen LogP contribution in [0, 0.1) is 0 Å². The van der Waals surface area contributed by atoms with Crippen LogP contribution in [0.25, 0.3) is 0 Å². The van der Waals surface area contributed by atoms with Gasteiger partial charge in [-0.05, 0) is 24.1 Å². The van der Waals surface area contributed by atoms with Crippen molar-refractivity contribution in [3.8, 4) is 0 Å². The van der Waals surface area contributed by atoms with Crippen LogP contribution in [0.3, 0.4) is 0 Å². The van der Waals surface area contributed by atoms with Crippen molar-refractivity contribution in [3.63, 3.8) is 0 Å². The van der Waals surface area contributed by atoms with E-state index in [2.05, 4.69) is 20.1 Å². The van der Waals surface area contributed by atoms with Crippen LogP contribution in [-0.4, -0.2) is 53.6 Å². The summed E-state index contributed by atoms with van der Waals surface area (Å²) >= 11 is 0. The average Bonchev–Trinajstić information content (AvgIpc) is 2.69. The number of ether oxygens (including phenoxy) is 1. The Morgan fingerprint density at radius 2 is 1.93 bits per heavy atom. The number of hydrogen-bond donors (Lipinski definition) is 2. The van der Waals surface area contributed by atoms with E-state index < -0.39 is 0 Å². The highest BCUT2D eigenvalue weighted by atomic mass is 16.5. The molecule has 8 heteroatoms. The molecule has 0 atom stereocenters. The number of nitrogens with zero attached hydrogens (tertiary/aromatic N) is 4. The topological polar surface area (TPSA) is 96.6 Å². The first-order valence-corrected chi connectivity index (χ1v) is 9.65. The van der Waals surface area contributed by atoms with Crippen LogP contribution in [0.2, 0.25) is 0 Å². The summed E-state index contributed by atoms with van der Waals surface area (Å²) in [5.74, 6) is 1.25. The lowest BCUT2D eigenvalue weighted by molar-refractivity contribution is -0.114. The van der Waals surface area contributed by atoms with E-state index >= 15 is 0 Å². The van der Waals surface area contributed by atoms with Gasteiger partial charge in [-0.3, -0.25) is 9.69 Å². The first-order valence-electron chi connectivity index (χ1n) is 9.65. The molecule has 3 N–H and O–H groups in total. The smallest absolute Gasteiger partial charge is 0.227 e. The van der Waals surface area contributed by atoms with Crippen LogP contribution in [0.1, 0.15) is 23.7 Å². The van der Waals surface area contributed by atoms with Crippen LogP contribution >= 0.6 is 0 Å². The predicted octanol–water partition coefficient (Wildman–Crippen LogP) is 1.41. The molecule has 8 nitrogen and oxygen atoms in total. The second kappa shape index (κ2) is 8.12. The maximum atomic E-state index is 11.1. The van der Waals surface area contributed by atoms with E-state index in [-0.39, 0.29) is 5.91 Å². The van der Waals surface area contributed by atoms with Crippen molar-refractivity contribution < 1.29 is 9.53 Å². The number of anilines is 3. The summed E-state index contributed by atoms with van der Waals surface area (Å²) in [6.07, 6.45) is 0.856. The molecule has 0 bridgehead atoms. The minimum absolute atomic E-state index is 0.0614. The van der Waals surface area contributed by atoms with E-state index in [9.17, 15) is 4.79 Å². The number of morpholine rings is 1. The third kappa shape index (κ3) is 4.23. The Balaban J connectivity index is 1.46. The lowest BCUT2D eigenvalue weighted by atomic mass is 10.0. The Hall–Kier alpha value is -2.71. The average molecular weight is 382 g/mol. The lowest BCUT2D eigenvalue weighted by Gasteiger charge is -2.31. The van der Waals surface area contributed by atoms with Gasteiger partial charge in [-0.1, -0.05) is 12.1 Å². The number of nitrogen functional groups attached to an aromatic ring is 1. The van der Waals surface area contributed by atoms with Gasteiger partial charge in [0.25, 0.3) is 0 Å². The molecule has 0 radical (unpaired) electrons. The number of amides is 1. The second-order valence-electron chi connectivity index (χ2n) is 7.27. The van der Waals surface area contributed by atoms with Gasteiger partial charge in [0.15, 0.2) is 0 Å². The third-order valence-corrected chi connectivity index (χ3v) is 5.14. The molecule has 4 rings (SSSR count). The van der Waals surface area contributed by atoms with Crippen molar-refractivity contribution in [1.29, 1.82) is 0 Å². The zero-order valence-electron chi connectivity index (χ0n) is 16.1. The fourth-order valence-electron chi connectivity index (χ4n) is 3.69. The van der Waals surface area contributed by atoms with E-state index in [1.54, 1.807) is 0 Å². The maximum Gasteiger partial charge on any atom is 0.227 e. The van der Waals surface area contributed by atoms with Crippen LogP contribution in [0.4, 0.5) is 17.5 Å². The first-order chi connectivity index (χ1) is 13.6. The van der Waals surface area contributed by atoms with Crippen LogP contribution < -0.4 is 16.0 Å². The Morgan fingerprint density at radius 1 is 1.18 bits per heavy atom. The molecule has 2 aliphatic rings. The summed E-state index contributed by atoms with van der Waals surface area (Å²) < 4.78 is 5.42. The summed E-state index contributed by atoms with van der Waals surface area (Å²) in [5.41, 5.74) is 10.4. The fourth-order valence-corrected chi connectivity index (χ4v) is 3.69. The highest BCUT2D eigenvalue weighted by Crippen LogP contribution is 2.26. The monoisotopic (exact) mass is 382 g/mol. The lowest BCUT2D eigenvalue weighted by Crippen LogP contribution is -2.38. The van der Waals surface area contributed by atoms with Gasteiger partial charge >= 0.3 is 0 Å². The van der Waals surface area contributed by atoms with Crippen molar-refractivity contribution >= 4 is 23.4 Å². The molecule has 1 fully saturated rings. The SMILES string of the molecule is CC(=O)Nc1ccc(CN2CCc3c(N)nc(N4CCOCC4)nc3C2)cc1. The molecule has 0 aliphatic carbocycles. The minimum atomic E-state index is -0.0614. The van der Waals surface area contributed by atoms with Crippen molar-refractivity contribution in [2.24, 2.45) is 0 Å². The molecule has 0 unspecified atom stereocenters. The molecule has 148 valence electrons. The molecule has 3 heterocycles. The van der Waals surface area contributed by atoms with Crippen molar-refractivity contribution in [2.75, 3.05) is 48.8 Å². The van der Waals surface area contributed by atoms with Gasteiger partial charge in [0.2, 0.25) is 11.9 Å². The number of aromatic nitrogens is 2. The molecule has 28 heavy (non-hydrogen) atoms. The highest BCUT2D eigenvalue weighted by molar-refractivity contribution is 5.88. The van der Waals surface area contributed by atoms with Gasteiger partial charge in [0, 0.05) is 50.9 Å². The number of nitrogens with two attached hydrogens (primary N) is 1. The van der Waals surface area contributed by atoms with Crippen molar-refractivity contribution in [3.05, 3.63) is 41.1 Å². The molecule has 2 aromatic rings. The number of rotatable bonds is 4. The first kappa shape index (κ1) is 18.6. The number of carbonyl (C=O) groups excluding carboxylic acids is 1. The molecular weight excluding hydrogens is 356 g/mol. The molecule has 0 saturated carbocycles. The number of nitrogens with one attached hydrogen (secondary N) is 1. The molecular formula is C20H26N6O2. The van der Waals surface area contributed by atoms with Gasteiger partial charge in [-0.15, -0.1) is 0 Å². The molecule has 1 aromatic carbocycles. The summed E-state index contributed by atoms with van der Waals surface area (Å²) in [6, 6.07) is 7.97.